The summed E-state index contributed by atoms with van der Waals surface area (Å²) in [7, 11) is 0. The molecule has 224 valence electrons. The maximum absolute atomic E-state index is 11.7. The van der Waals surface area contributed by atoms with E-state index in [9.17, 15) is 19.2 Å². The lowest BCUT2D eigenvalue weighted by atomic mass is 9.91. The summed E-state index contributed by atoms with van der Waals surface area (Å²) < 4.78 is 10.7. The Hall–Kier alpha value is -1.92. The number of unbranched alkanes of at least 4 members (excludes halogenated alkanes) is 1. The van der Waals surface area contributed by atoms with Crippen LogP contribution in [-0.2, 0) is 28.7 Å². The molecule has 3 atom stereocenters. The number of hydrogen-bond acceptors (Lipinski definition) is 6. The smallest absolute Gasteiger partial charge is 0.306 e. The summed E-state index contributed by atoms with van der Waals surface area (Å²) in [5.74, 6) is 0.508. The number of rotatable bonds is 21. The predicted octanol–water partition coefficient (Wildman–Crippen LogP) is 7.92. The molecule has 3 unspecified atom stereocenters. The van der Waals surface area contributed by atoms with Crippen molar-refractivity contribution in [1.29, 1.82) is 0 Å². The molecule has 0 rings (SSSR count). The van der Waals surface area contributed by atoms with Gasteiger partial charge in [-0.05, 0) is 64.2 Å². The Balaban J connectivity index is 0. The first kappa shape index (κ1) is 38.2. The Morgan fingerprint density at radius 3 is 1.84 bits per heavy atom. The van der Waals surface area contributed by atoms with E-state index in [1.807, 2.05) is 13.8 Å². The first-order valence-electron chi connectivity index (χ1n) is 14.8. The molecule has 0 heterocycles. The minimum absolute atomic E-state index is 0.0273. The van der Waals surface area contributed by atoms with Crippen LogP contribution in [0.15, 0.2) is 0 Å². The van der Waals surface area contributed by atoms with Crippen molar-refractivity contribution in [3.8, 4) is 0 Å². The fourth-order valence-corrected chi connectivity index (χ4v) is 4.17. The number of carbonyl (C=O) groups is 4. The highest BCUT2D eigenvalue weighted by atomic mass is 16.6. The molecule has 0 fully saturated rings. The normalized spacial score (nSPS) is 13.5. The number of ether oxygens (including phenoxy) is 2. The molecule has 0 saturated carbocycles. The van der Waals surface area contributed by atoms with Gasteiger partial charge >= 0.3 is 17.9 Å². The number of aliphatic carboxylic acids is 1. The summed E-state index contributed by atoms with van der Waals surface area (Å²) in [6, 6.07) is 0. The Morgan fingerprint density at radius 1 is 0.737 bits per heavy atom. The lowest BCUT2D eigenvalue weighted by Crippen LogP contribution is -2.30. The third-order valence-corrected chi connectivity index (χ3v) is 6.58. The van der Waals surface area contributed by atoms with Crippen LogP contribution in [0.1, 0.15) is 145 Å². The van der Waals surface area contributed by atoms with Gasteiger partial charge in [0.1, 0.15) is 11.4 Å². The van der Waals surface area contributed by atoms with E-state index in [0.29, 0.717) is 44.1 Å². The summed E-state index contributed by atoms with van der Waals surface area (Å²) >= 11 is 0. The molecule has 0 aromatic carbocycles. The topological polar surface area (TPSA) is 107 Å². The van der Waals surface area contributed by atoms with Crippen molar-refractivity contribution in [2.45, 2.75) is 151 Å². The molecule has 0 aliphatic rings. The van der Waals surface area contributed by atoms with Gasteiger partial charge in [-0.2, -0.15) is 0 Å². The molecule has 7 nitrogen and oxygen atoms in total. The highest BCUT2D eigenvalue weighted by Crippen LogP contribution is 2.24. The van der Waals surface area contributed by atoms with Gasteiger partial charge in [0.25, 0.3) is 0 Å². The molecule has 1 N–H and O–H groups in total. The molecule has 0 aromatic rings. The number of Topliss-reactive ketones (excluding diaryl/α,β-unsaturated/α-hetero) is 1. The van der Waals surface area contributed by atoms with E-state index in [4.69, 9.17) is 14.6 Å². The van der Waals surface area contributed by atoms with Crippen molar-refractivity contribution < 1.29 is 33.8 Å². The van der Waals surface area contributed by atoms with Gasteiger partial charge in [0.05, 0.1) is 6.61 Å². The summed E-state index contributed by atoms with van der Waals surface area (Å²) in [5.41, 5.74) is -0.402. The summed E-state index contributed by atoms with van der Waals surface area (Å²) in [6.07, 6.45) is 11.2. The molecule has 38 heavy (non-hydrogen) atoms. The SMILES string of the molecule is CCC(C)CCCC(C)COC(=O)CCCC(=O)O.CCCCC(C)CC(C)(C)OC(=O)CCCC(C)=O. The molecule has 0 aliphatic heterocycles. The Morgan fingerprint density at radius 2 is 1.29 bits per heavy atom. The minimum Gasteiger partial charge on any atom is -0.481 e. The zero-order valence-electron chi connectivity index (χ0n) is 25.7. The molecule has 0 aliphatic carbocycles. The third kappa shape index (κ3) is 27.1. The molecule has 0 amide bonds. The van der Waals surface area contributed by atoms with Crippen LogP contribution in [0.3, 0.4) is 0 Å². The fraction of sp³-hybridized carbons (Fsp3) is 0.871. The summed E-state index contributed by atoms with van der Waals surface area (Å²) in [4.78, 5) is 44.1. The Labute approximate surface area is 232 Å². The first-order chi connectivity index (χ1) is 17.7. The second-order valence-electron chi connectivity index (χ2n) is 11.7. The molecule has 0 radical (unpaired) electrons. The van der Waals surface area contributed by atoms with Crippen LogP contribution in [0.4, 0.5) is 0 Å². The Kier molecular flexibility index (Phi) is 23.1. The maximum Gasteiger partial charge on any atom is 0.306 e. The van der Waals surface area contributed by atoms with Crippen LogP contribution in [-0.4, -0.2) is 41.0 Å². The van der Waals surface area contributed by atoms with E-state index >= 15 is 0 Å². The first-order valence-corrected chi connectivity index (χ1v) is 14.8. The van der Waals surface area contributed by atoms with Crippen LogP contribution in [0.5, 0.6) is 0 Å². The highest BCUT2D eigenvalue weighted by molar-refractivity contribution is 5.76. The number of carbonyl (C=O) groups excluding carboxylic acids is 3. The summed E-state index contributed by atoms with van der Waals surface area (Å²) in [5, 5.41) is 8.45. The van der Waals surface area contributed by atoms with Crippen LogP contribution in [0, 0.1) is 17.8 Å². The van der Waals surface area contributed by atoms with Crippen LogP contribution >= 0.6 is 0 Å². The molecule has 0 aromatic heterocycles. The monoisotopic (exact) mass is 542 g/mol. The zero-order valence-corrected chi connectivity index (χ0v) is 25.7. The van der Waals surface area contributed by atoms with Gasteiger partial charge in [-0.1, -0.05) is 73.1 Å². The molecule has 0 saturated heterocycles. The van der Waals surface area contributed by atoms with E-state index in [1.165, 1.54) is 38.5 Å². The lowest BCUT2D eigenvalue weighted by molar-refractivity contribution is -0.158. The van der Waals surface area contributed by atoms with Crippen molar-refractivity contribution >= 4 is 23.7 Å². The zero-order chi connectivity index (χ0) is 29.6. The lowest BCUT2D eigenvalue weighted by Gasteiger charge is -2.28. The van der Waals surface area contributed by atoms with Crippen molar-refractivity contribution in [1.82, 2.24) is 0 Å². The molecule has 0 spiro atoms. The van der Waals surface area contributed by atoms with Crippen LogP contribution in [0.25, 0.3) is 0 Å². The van der Waals surface area contributed by atoms with Gasteiger partial charge in [0.15, 0.2) is 0 Å². The molecule has 0 bridgehead atoms. The highest BCUT2D eigenvalue weighted by Gasteiger charge is 2.25. The number of carboxylic acids is 1. The summed E-state index contributed by atoms with van der Waals surface area (Å²) in [6.45, 7) is 16.9. The predicted molar refractivity (Wildman–Crippen MR) is 153 cm³/mol. The number of carboxylic acid groups (broad SMARTS) is 1. The van der Waals surface area contributed by atoms with Gasteiger partial charge in [0, 0.05) is 25.7 Å². The van der Waals surface area contributed by atoms with E-state index in [1.54, 1.807) is 6.92 Å². The van der Waals surface area contributed by atoms with Gasteiger partial charge in [-0.3, -0.25) is 14.4 Å². The van der Waals surface area contributed by atoms with Crippen molar-refractivity contribution in [3.05, 3.63) is 0 Å². The second-order valence-corrected chi connectivity index (χ2v) is 11.7. The standard InChI is InChI=1S/C16H30O3.C15H28O4/c1-6-7-9-13(2)12-16(4,5)19-15(18)11-8-10-14(3)17;1-4-12(2)7-5-8-13(3)11-19-15(18)10-6-9-14(16)17/h13H,6-12H2,1-5H3;12-13H,4-11H2,1-3H3,(H,16,17). The second kappa shape index (κ2) is 23.0. The largest absolute Gasteiger partial charge is 0.481 e. The molecule has 7 heteroatoms. The molecular formula is C31H58O7. The van der Waals surface area contributed by atoms with Gasteiger partial charge in [0.2, 0.25) is 0 Å². The van der Waals surface area contributed by atoms with Crippen molar-refractivity contribution in [2.24, 2.45) is 17.8 Å². The number of hydrogen-bond donors (Lipinski definition) is 1. The van der Waals surface area contributed by atoms with Crippen LogP contribution in [0.2, 0.25) is 0 Å². The average Bonchev–Trinajstić information content (AvgIpc) is 2.80. The third-order valence-electron chi connectivity index (χ3n) is 6.58. The number of ketones is 1. The van der Waals surface area contributed by atoms with Crippen molar-refractivity contribution in [2.75, 3.05) is 6.61 Å². The van der Waals surface area contributed by atoms with E-state index < -0.39 is 11.6 Å². The maximum atomic E-state index is 11.7. The van der Waals surface area contributed by atoms with E-state index in [-0.39, 0.29) is 30.6 Å². The Bertz CT molecular complexity index is 657. The fourth-order valence-electron chi connectivity index (χ4n) is 4.17. The minimum atomic E-state index is -0.869. The van der Waals surface area contributed by atoms with Crippen molar-refractivity contribution in [3.63, 3.8) is 0 Å². The molecular weight excluding hydrogens is 484 g/mol. The number of esters is 2. The average molecular weight is 543 g/mol. The van der Waals surface area contributed by atoms with Gasteiger partial charge in [-0.25, -0.2) is 0 Å². The van der Waals surface area contributed by atoms with Crippen LogP contribution < -0.4 is 0 Å². The van der Waals surface area contributed by atoms with E-state index in [0.717, 1.165) is 18.8 Å². The van der Waals surface area contributed by atoms with Gasteiger partial charge < -0.3 is 19.4 Å². The quantitative estimate of drug-likeness (QED) is 0.147. The van der Waals surface area contributed by atoms with E-state index in [2.05, 4.69) is 34.6 Å². The van der Waals surface area contributed by atoms with Gasteiger partial charge in [-0.15, -0.1) is 0 Å².